The van der Waals surface area contributed by atoms with Gasteiger partial charge in [0, 0.05) is 20.0 Å². The number of hydrogen-bond donors (Lipinski definition) is 0. The predicted octanol–water partition coefficient (Wildman–Crippen LogP) is 1.27. The Morgan fingerprint density at radius 2 is 1.82 bits per heavy atom. The maximum atomic E-state index is 12.6. The van der Waals surface area contributed by atoms with Crippen molar-refractivity contribution in [3.05, 3.63) is 29.8 Å². The van der Waals surface area contributed by atoms with Gasteiger partial charge in [-0.05, 0) is 31.0 Å². The molecule has 0 radical (unpaired) electrons. The summed E-state index contributed by atoms with van der Waals surface area (Å²) in [5.74, 6) is -1.83. The number of rotatable bonds is 5. The number of nitrogens with zero attached hydrogens (tertiary/aromatic N) is 3. The lowest BCUT2D eigenvalue weighted by molar-refractivity contribution is -0.140. The molecule has 0 unspecified atom stereocenters. The molecule has 1 heterocycles. The summed E-state index contributed by atoms with van der Waals surface area (Å²) < 4.78 is 25.8. The molecule has 3 amide bonds. The van der Waals surface area contributed by atoms with Gasteiger partial charge in [-0.15, -0.1) is 0 Å². The Hall–Kier alpha value is -2.73. The Kier molecular flexibility index (Phi) is 5.52. The predicted molar refractivity (Wildman–Crippen MR) is 97.9 cm³/mol. The van der Waals surface area contributed by atoms with Crippen LogP contribution in [0.15, 0.2) is 29.2 Å². The lowest BCUT2D eigenvalue weighted by Crippen LogP contribution is -2.38. The van der Waals surface area contributed by atoms with Crippen molar-refractivity contribution in [3.8, 4) is 6.07 Å². The van der Waals surface area contributed by atoms with E-state index in [1.807, 2.05) is 6.07 Å². The summed E-state index contributed by atoms with van der Waals surface area (Å²) >= 11 is 0. The van der Waals surface area contributed by atoms with E-state index >= 15 is 0 Å². The number of fused-ring (bicyclic) bond motifs is 1. The maximum Gasteiger partial charge on any atom is 0.266 e. The van der Waals surface area contributed by atoms with Crippen LogP contribution in [-0.2, 0) is 24.4 Å². The standard InChI is InChI=1S/C19H21N3O5S/c1-21(28(26,27)14-6-4-5-13(11-14)12-20)17(23)9-10-22-18(24)15-7-2-3-8-16(15)19(22)25/h4-6,11,15-16H,2-3,7-10H2,1H3/t15-,16+. The van der Waals surface area contributed by atoms with E-state index in [4.69, 9.17) is 5.26 Å². The molecule has 2 aliphatic rings. The zero-order valence-corrected chi connectivity index (χ0v) is 16.3. The van der Waals surface area contributed by atoms with Crippen LogP contribution in [0.2, 0.25) is 0 Å². The summed E-state index contributed by atoms with van der Waals surface area (Å²) in [5.41, 5.74) is 0.165. The van der Waals surface area contributed by atoms with Crippen molar-refractivity contribution in [2.24, 2.45) is 11.8 Å². The van der Waals surface area contributed by atoms with E-state index in [0.29, 0.717) is 17.1 Å². The van der Waals surface area contributed by atoms with Crippen molar-refractivity contribution in [3.63, 3.8) is 0 Å². The van der Waals surface area contributed by atoms with Gasteiger partial charge in [0.1, 0.15) is 0 Å². The van der Waals surface area contributed by atoms with Gasteiger partial charge in [0.05, 0.1) is 28.4 Å². The van der Waals surface area contributed by atoms with E-state index in [1.54, 1.807) is 0 Å². The van der Waals surface area contributed by atoms with Crippen molar-refractivity contribution in [2.75, 3.05) is 13.6 Å². The van der Waals surface area contributed by atoms with Crippen molar-refractivity contribution in [2.45, 2.75) is 37.0 Å². The van der Waals surface area contributed by atoms with E-state index in [2.05, 4.69) is 0 Å². The van der Waals surface area contributed by atoms with E-state index in [1.165, 1.54) is 24.3 Å². The Balaban J connectivity index is 1.68. The fourth-order valence-electron chi connectivity index (χ4n) is 3.83. The van der Waals surface area contributed by atoms with Gasteiger partial charge in [0.25, 0.3) is 10.0 Å². The van der Waals surface area contributed by atoms with Crippen LogP contribution in [-0.4, -0.2) is 48.9 Å². The fraction of sp³-hybridized carbons (Fsp3) is 0.474. The first-order valence-corrected chi connectivity index (χ1v) is 10.6. The van der Waals surface area contributed by atoms with Crippen molar-refractivity contribution in [1.29, 1.82) is 5.26 Å². The molecule has 9 heteroatoms. The molecule has 2 atom stereocenters. The third-order valence-corrected chi connectivity index (χ3v) is 7.23. The first-order chi connectivity index (χ1) is 13.3. The first-order valence-electron chi connectivity index (χ1n) is 9.14. The van der Waals surface area contributed by atoms with Gasteiger partial charge in [-0.2, -0.15) is 5.26 Å². The van der Waals surface area contributed by atoms with Gasteiger partial charge in [0.2, 0.25) is 17.7 Å². The molecule has 0 N–H and O–H groups in total. The zero-order chi connectivity index (χ0) is 20.5. The summed E-state index contributed by atoms with van der Waals surface area (Å²) in [6.07, 6.45) is 2.92. The third kappa shape index (κ3) is 3.52. The molecule has 1 aliphatic heterocycles. The molecule has 0 aromatic heterocycles. The summed E-state index contributed by atoms with van der Waals surface area (Å²) in [7, 11) is -2.99. The van der Waals surface area contributed by atoms with Crippen LogP contribution >= 0.6 is 0 Å². The molecule has 1 aromatic carbocycles. The zero-order valence-electron chi connectivity index (χ0n) is 15.5. The van der Waals surface area contributed by atoms with Crippen LogP contribution in [0, 0.1) is 23.2 Å². The van der Waals surface area contributed by atoms with Crippen LogP contribution in [0.5, 0.6) is 0 Å². The van der Waals surface area contributed by atoms with E-state index in [-0.39, 0.29) is 47.1 Å². The molecule has 148 valence electrons. The number of imide groups is 1. The lowest BCUT2D eigenvalue weighted by atomic mass is 9.81. The molecule has 1 aliphatic carbocycles. The van der Waals surface area contributed by atoms with E-state index < -0.39 is 15.9 Å². The van der Waals surface area contributed by atoms with Gasteiger partial charge in [0.15, 0.2) is 0 Å². The van der Waals surface area contributed by atoms with E-state index in [9.17, 15) is 22.8 Å². The highest BCUT2D eigenvalue weighted by Crippen LogP contribution is 2.38. The third-order valence-electron chi connectivity index (χ3n) is 5.45. The van der Waals surface area contributed by atoms with Gasteiger partial charge in [-0.3, -0.25) is 19.3 Å². The molecule has 3 rings (SSSR count). The first kappa shape index (κ1) is 20.0. The second kappa shape index (κ2) is 7.72. The number of sulfonamides is 1. The minimum absolute atomic E-state index is 0.123. The molecule has 1 aromatic rings. The highest BCUT2D eigenvalue weighted by atomic mass is 32.2. The number of hydrogen-bond acceptors (Lipinski definition) is 6. The highest BCUT2D eigenvalue weighted by molar-refractivity contribution is 7.89. The number of benzene rings is 1. The molecule has 1 saturated carbocycles. The molecule has 28 heavy (non-hydrogen) atoms. The second-order valence-electron chi connectivity index (χ2n) is 7.08. The molecule has 2 fully saturated rings. The Bertz CT molecular complexity index is 942. The van der Waals surface area contributed by atoms with Crippen LogP contribution in [0.3, 0.4) is 0 Å². The molecule has 1 saturated heterocycles. The number of carbonyl (C=O) groups excluding carboxylic acids is 3. The second-order valence-corrected chi connectivity index (χ2v) is 9.05. The summed E-state index contributed by atoms with van der Waals surface area (Å²) in [4.78, 5) is 38.3. The number of nitriles is 1. The summed E-state index contributed by atoms with van der Waals surface area (Å²) in [6.45, 7) is -0.123. The Morgan fingerprint density at radius 1 is 1.21 bits per heavy atom. The van der Waals surface area contributed by atoms with Crippen molar-refractivity contribution in [1.82, 2.24) is 9.21 Å². The van der Waals surface area contributed by atoms with Gasteiger partial charge < -0.3 is 0 Å². The molecule has 0 bridgehead atoms. The normalized spacial score (nSPS) is 21.9. The van der Waals surface area contributed by atoms with Crippen LogP contribution in [0.25, 0.3) is 0 Å². The SMILES string of the molecule is CN(C(=O)CCN1C(=O)[C@H]2CCCC[C@H]2C1=O)S(=O)(=O)c1cccc(C#N)c1. The number of amides is 3. The Morgan fingerprint density at radius 3 is 2.39 bits per heavy atom. The highest BCUT2D eigenvalue weighted by Gasteiger charge is 2.48. The maximum absolute atomic E-state index is 12.6. The van der Waals surface area contributed by atoms with Gasteiger partial charge in [-0.25, -0.2) is 12.7 Å². The van der Waals surface area contributed by atoms with Crippen molar-refractivity contribution < 1.29 is 22.8 Å². The van der Waals surface area contributed by atoms with Crippen LogP contribution < -0.4 is 0 Å². The summed E-state index contributed by atoms with van der Waals surface area (Å²) in [6, 6.07) is 7.24. The minimum Gasteiger partial charge on any atom is -0.282 e. The quantitative estimate of drug-likeness (QED) is 0.684. The number of carbonyl (C=O) groups is 3. The van der Waals surface area contributed by atoms with E-state index in [0.717, 1.165) is 24.8 Å². The largest absolute Gasteiger partial charge is 0.282 e. The van der Waals surface area contributed by atoms with Gasteiger partial charge >= 0.3 is 0 Å². The van der Waals surface area contributed by atoms with Gasteiger partial charge in [-0.1, -0.05) is 18.9 Å². The van der Waals surface area contributed by atoms with Crippen molar-refractivity contribution >= 4 is 27.7 Å². The topological polar surface area (TPSA) is 116 Å². The average molecular weight is 403 g/mol. The molecule has 0 spiro atoms. The Labute approximate surface area is 163 Å². The lowest BCUT2D eigenvalue weighted by Gasteiger charge is -2.20. The molecular weight excluding hydrogens is 382 g/mol. The number of likely N-dealkylation sites (tertiary alicyclic amines) is 1. The fourth-order valence-corrected chi connectivity index (χ4v) is 5.04. The molecule has 8 nitrogen and oxygen atoms in total. The monoisotopic (exact) mass is 403 g/mol. The summed E-state index contributed by atoms with van der Waals surface area (Å²) in [5, 5.41) is 8.92. The average Bonchev–Trinajstić information content (AvgIpc) is 2.96. The van der Waals surface area contributed by atoms with Crippen LogP contribution in [0.1, 0.15) is 37.7 Å². The minimum atomic E-state index is -4.12. The molecular formula is C19H21N3O5S. The van der Waals surface area contributed by atoms with Crippen LogP contribution in [0.4, 0.5) is 0 Å². The smallest absolute Gasteiger partial charge is 0.266 e.